The van der Waals surface area contributed by atoms with E-state index in [2.05, 4.69) is 10.6 Å². The molecule has 1 aromatic heterocycles. The first-order valence-electron chi connectivity index (χ1n) is 7.37. The van der Waals surface area contributed by atoms with E-state index in [0.29, 0.717) is 11.3 Å². The number of hydrogen-bond acceptors (Lipinski definition) is 3. The van der Waals surface area contributed by atoms with Crippen molar-refractivity contribution >= 4 is 6.03 Å². The summed E-state index contributed by atoms with van der Waals surface area (Å²) in [5, 5.41) is 5.55. The van der Waals surface area contributed by atoms with Crippen LogP contribution in [0.5, 0.6) is 5.75 Å². The molecule has 2 aromatic rings. The normalized spacial score (nSPS) is 13.3. The SMILES string of the molecule is COc1ccc(C(C)NC(=O)NC(C)c2ccc(C)o2)cc1F. The second-order valence-electron chi connectivity index (χ2n) is 5.40. The number of benzene rings is 1. The van der Waals surface area contributed by atoms with Crippen LogP contribution in [0.4, 0.5) is 9.18 Å². The molecule has 2 atom stereocenters. The quantitative estimate of drug-likeness (QED) is 0.879. The Morgan fingerprint density at radius 2 is 1.87 bits per heavy atom. The molecule has 0 aliphatic heterocycles. The van der Waals surface area contributed by atoms with Crippen molar-refractivity contribution in [3.05, 3.63) is 53.2 Å². The number of hydrogen-bond donors (Lipinski definition) is 2. The van der Waals surface area contributed by atoms with E-state index in [-0.39, 0.29) is 23.9 Å². The molecule has 1 heterocycles. The van der Waals surface area contributed by atoms with Crippen LogP contribution >= 0.6 is 0 Å². The van der Waals surface area contributed by atoms with Gasteiger partial charge in [0.2, 0.25) is 0 Å². The maximum absolute atomic E-state index is 13.7. The summed E-state index contributed by atoms with van der Waals surface area (Å²) >= 11 is 0. The third-order valence-corrected chi connectivity index (χ3v) is 3.56. The second kappa shape index (κ2) is 7.17. The van der Waals surface area contributed by atoms with E-state index in [1.165, 1.54) is 19.2 Å². The zero-order valence-corrected chi connectivity index (χ0v) is 13.6. The van der Waals surface area contributed by atoms with Gasteiger partial charge < -0.3 is 19.8 Å². The minimum atomic E-state index is -0.460. The summed E-state index contributed by atoms with van der Waals surface area (Å²) in [7, 11) is 1.41. The summed E-state index contributed by atoms with van der Waals surface area (Å²) in [5.41, 5.74) is 0.653. The Labute approximate surface area is 134 Å². The first-order chi connectivity index (χ1) is 10.9. The molecular weight excluding hydrogens is 299 g/mol. The van der Waals surface area contributed by atoms with E-state index in [1.807, 2.05) is 26.0 Å². The van der Waals surface area contributed by atoms with Gasteiger partial charge in [0.1, 0.15) is 11.5 Å². The van der Waals surface area contributed by atoms with Crippen molar-refractivity contribution in [2.24, 2.45) is 0 Å². The molecule has 2 unspecified atom stereocenters. The van der Waals surface area contributed by atoms with Gasteiger partial charge in [-0.3, -0.25) is 0 Å². The fourth-order valence-corrected chi connectivity index (χ4v) is 2.23. The molecule has 0 aliphatic rings. The minimum Gasteiger partial charge on any atom is -0.494 e. The van der Waals surface area contributed by atoms with E-state index in [9.17, 15) is 9.18 Å². The van der Waals surface area contributed by atoms with E-state index >= 15 is 0 Å². The summed E-state index contributed by atoms with van der Waals surface area (Å²) in [6.45, 7) is 5.45. The second-order valence-corrected chi connectivity index (χ2v) is 5.40. The first kappa shape index (κ1) is 16.9. The van der Waals surface area contributed by atoms with E-state index in [0.717, 1.165) is 5.76 Å². The van der Waals surface area contributed by atoms with Crippen LogP contribution in [-0.2, 0) is 0 Å². The largest absolute Gasteiger partial charge is 0.494 e. The molecule has 2 amide bonds. The average molecular weight is 320 g/mol. The molecule has 0 radical (unpaired) electrons. The lowest BCUT2D eigenvalue weighted by atomic mass is 10.1. The smallest absolute Gasteiger partial charge is 0.315 e. The molecule has 5 nitrogen and oxygen atoms in total. The van der Waals surface area contributed by atoms with Gasteiger partial charge in [-0.1, -0.05) is 6.07 Å². The van der Waals surface area contributed by atoms with Crippen LogP contribution in [0.1, 0.15) is 43.0 Å². The van der Waals surface area contributed by atoms with Crippen molar-refractivity contribution in [1.29, 1.82) is 0 Å². The standard InChI is InChI=1S/C17H21FN2O3/c1-10-5-7-15(23-10)12(3)20-17(21)19-11(2)13-6-8-16(22-4)14(18)9-13/h5-9,11-12H,1-4H3,(H2,19,20,21). The number of ether oxygens (including phenoxy) is 1. The number of aryl methyl sites for hydroxylation is 1. The van der Waals surface area contributed by atoms with Crippen molar-refractivity contribution in [2.75, 3.05) is 7.11 Å². The van der Waals surface area contributed by atoms with Crippen molar-refractivity contribution in [2.45, 2.75) is 32.9 Å². The highest BCUT2D eigenvalue weighted by atomic mass is 19.1. The summed E-state index contributed by atoms with van der Waals surface area (Å²) in [6.07, 6.45) is 0. The lowest BCUT2D eigenvalue weighted by Gasteiger charge is -2.18. The van der Waals surface area contributed by atoms with Gasteiger partial charge in [-0.25, -0.2) is 9.18 Å². The molecular formula is C17H21FN2O3. The minimum absolute atomic E-state index is 0.173. The first-order valence-corrected chi connectivity index (χ1v) is 7.37. The van der Waals surface area contributed by atoms with Gasteiger partial charge in [-0.05, 0) is 50.6 Å². The zero-order chi connectivity index (χ0) is 17.0. The Morgan fingerprint density at radius 1 is 1.17 bits per heavy atom. The fourth-order valence-electron chi connectivity index (χ4n) is 2.23. The predicted octanol–water partition coefficient (Wildman–Crippen LogP) is 3.86. The van der Waals surface area contributed by atoms with E-state index in [1.54, 1.807) is 13.0 Å². The van der Waals surface area contributed by atoms with Crippen LogP contribution in [0.15, 0.2) is 34.7 Å². The third-order valence-electron chi connectivity index (χ3n) is 3.56. The highest BCUT2D eigenvalue weighted by Crippen LogP contribution is 2.22. The van der Waals surface area contributed by atoms with Gasteiger partial charge in [-0.2, -0.15) is 0 Å². The topological polar surface area (TPSA) is 63.5 Å². The number of furan rings is 1. The van der Waals surface area contributed by atoms with Crippen molar-refractivity contribution < 1.29 is 18.3 Å². The number of nitrogens with one attached hydrogen (secondary N) is 2. The molecule has 2 N–H and O–H groups in total. The van der Waals surface area contributed by atoms with Gasteiger partial charge in [0, 0.05) is 0 Å². The maximum Gasteiger partial charge on any atom is 0.315 e. The van der Waals surface area contributed by atoms with Gasteiger partial charge in [0.15, 0.2) is 11.6 Å². The number of rotatable bonds is 5. The number of carbonyl (C=O) groups excluding carboxylic acids is 1. The average Bonchev–Trinajstić information content (AvgIpc) is 2.93. The molecule has 0 saturated heterocycles. The van der Waals surface area contributed by atoms with Crippen LogP contribution in [-0.4, -0.2) is 13.1 Å². The van der Waals surface area contributed by atoms with E-state index < -0.39 is 5.82 Å². The summed E-state index contributed by atoms with van der Waals surface area (Å²) in [6, 6.07) is 7.31. The predicted molar refractivity (Wildman–Crippen MR) is 84.9 cm³/mol. The summed E-state index contributed by atoms with van der Waals surface area (Å²) in [5.74, 6) is 1.18. The van der Waals surface area contributed by atoms with Crippen LogP contribution in [0, 0.1) is 12.7 Å². The van der Waals surface area contributed by atoms with Gasteiger partial charge in [0.25, 0.3) is 0 Å². The van der Waals surface area contributed by atoms with Crippen LogP contribution in [0.3, 0.4) is 0 Å². The van der Waals surface area contributed by atoms with Crippen molar-refractivity contribution in [3.8, 4) is 5.75 Å². The number of urea groups is 1. The van der Waals surface area contributed by atoms with Gasteiger partial charge in [-0.15, -0.1) is 0 Å². The van der Waals surface area contributed by atoms with E-state index in [4.69, 9.17) is 9.15 Å². The Kier molecular flexibility index (Phi) is 5.26. The Balaban J connectivity index is 1.95. The van der Waals surface area contributed by atoms with Crippen LogP contribution < -0.4 is 15.4 Å². The molecule has 0 aliphatic carbocycles. The number of amides is 2. The molecule has 0 saturated carbocycles. The molecule has 0 bridgehead atoms. The highest BCUT2D eigenvalue weighted by molar-refractivity contribution is 5.74. The number of carbonyl (C=O) groups is 1. The maximum atomic E-state index is 13.7. The Bertz CT molecular complexity index is 684. The molecule has 23 heavy (non-hydrogen) atoms. The summed E-state index contributed by atoms with van der Waals surface area (Å²) < 4.78 is 24.1. The molecule has 2 rings (SSSR count). The lowest BCUT2D eigenvalue weighted by Crippen LogP contribution is -2.38. The molecule has 6 heteroatoms. The summed E-state index contributed by atoms with van der Waals surface area (Å²) in [4.78, 5) is 12.0. The van der Waals surface area contributed by atoms with Crippen LogP contribution in [0.25, 0.3) is 0 Å². The third kappa shape index (κ3) is 4.25. The molecule has 1 aromatic carbocycles. The van der Waals surface area contributed by atoms with Gasteiger partial charge >= 0.3 is 6.03 Å². The highest BCUT2D eigenvalue weighted by Gasteiger charge is 2.16. The lowest BCUT2D eigenvalue weighted by molar-refractivity contribution is 0.233. The van der Waals surface area contributed by atoms with Crippen LogP contribution in [0.2, 0.25) is 0 Å². The zero-order valence-electron chi connectivity index (χ0n) is 13.6. The molecule has 0 fully saturated rings. The Hall–Kier alpha value is -2.50. The Morgan fingerprint density at radius 3 is 2.43 bits per heavy atom. The molecule has 0 spiro atoms. The fraction of sp³-hybridized carbons (Fsp3) is 0.353. The van der Waals surface area contributed by atoms with Crippen molar-refractivity contribution in [3.63, 3.8) is 0 Å². The van der Waals surface area contributed by atoms with Gasteiger partial charge in [0.05, 0.1) is 19.2 Å². The van der Waals surface area contributed by atoms with Crippen molar-refractivity contribution in [1.82, 2.24) is 10.6 Å². The number of halogens is 1. The number of methoxy groups -OCH3 is 1. The monoisotopic (exact) mass is 320 g/mol. The molecule has 124 valence electrons.